The van der Waals surface area contributed by atoms with Crippen LogP contribution in [0.5, 0.6) is 0 Å². The summed E-state index contributed by atoms with van der Waals surface area (Å²) in [5.74, 6) is -0.143. The number of ether oxygens (including phenoxy) is 1. The van der Waals surface area contributed by atoms with Crippen molar-refractivity contribution in [1.29, 1.82) is 0 Å². The molecule has 0 aliphatic carbocycles. The van der Waals surface area contributed by atoms with Crippen molar-refractivity contribution in [3.63, 3.8) is 0 Å². The second-order valence-electron chi connectivity index (χ2n) is 5.25. The lowest BCUT2D eigenvalue weighted by Crippen LogP contribution is -2.26. The maximum atomic E-state index is 10.8. The zero-order valence-electron chi connectivity index (χ0n) is 10.5. The number of rotatable bonds is 7. The van der Waals surface area contributed by atoms with Gasteiger partial charge < -0.3 is 9.84 Å². The van der Waals surface area contributed by atoms with Crippen LogP contribution in [-0.2, 0) is 9.53 Å². The molecule has 0 saturated heterocycles. The molecule has 0 rings (SSSR count). The Hall–Kier alpha value is -0.570. The summed E-state index contributed by atoms with van der Waals surface area (Å²) in [5.41, 5.74) is -0.683. The summed E-state index contributed by atoms with van der Waals surface area (Å²) in [5, 5.41) is 8.90. The van der Waals surface area contributed by atoms with E-state index < -0.39 is 11.4 Å². The van der Waals surface area contributed by atoms with Crippen LogP contribution in [0.2, 0.25) is 0 Å². The Kier molecular flexibility index (Phi) is 5.88. The third-order valence-electron chi connectivity index (χ3n) is 2.51. The average Bonchev–Trinajstić information content (AvgIpc) is 2.01. The molecule has 0 amide bonds. The van der Waals surface area contributed by atoms with E-state index in [0.717, 1.165) is 6.42 Å². The highest BCUT2D eigenvalue weighted by Gasteiger charge is 2.26. The second kappa shape index (κ2) is 6.11. The summed E-state index contributed by atoms with van der Waals surface area (Å²) in [4.78, 5) is 10.8. The fourth-order valence-corrected chi connectivity index (χ4v) is 1.35. The number of hydrogen-bond donors (Lipinski definition) is 1. The van der Waals surface area contributed by atoms with Gasteiger partial charge >= 0.3 is 5.97 Å². The van der Waals surface area contributed by atoms with E-state index in [-0.39, 0.29) is 6.10 Å². The van der Waals surface area contributed by atoms with Gasteiger partial charge in [-0.1, -0.05) is 13.8 Å². The van der Waals surface area contributed by atoms with E-state index in [1.807, 2.05) is 6.92 Å². The van der Waals surface area contributed by atoms with Crippen molar-refractivity contribution in [3.8, 4) is 0 Å². The van der Waals surface area contributed by atoms with Gasteiger partial charge in [0.15, 0.2) is 0 Å². The van der Waals surface area contributed by atoms with Crippen molar-refractivity contribution >= 4 is 5.97 Å². The second-order valence-corrected chi connectivity index (χ2v) is 5.25. The van der Waals surface area contributed by atoms with Crippen molar-refractivity contribution in [2.45, 2.75) is 53.6 Å². The van der Waals surface area contributed by atoms with E-state index in [4.69, 9.17) is 9.84 Å². The average molecular weight is 216 g/mol. The van der Waals surface area contributed by atoms with Crippen LogP contribution in [0.4, 0.5) is 0 Å². The summed E-state index contributed by atoms with van der Waals surface area (Å²) in [6.07, 6.45) is 1.80. The summed E-state index contributed by atoms with van der Waals surface area (Å²) in [7, 11) is 0. The molecule has 90 valence electrons. The molecule has 0 heterocycles. The Labute approximate surface area is 92.8 Å². The fraction of sp³-hybridized carbons (Fsp3) is 0.917. The van der Waals surface area contributed by atoms with Crippen LogP contribution in [0.15, 0.2) is 0 Å². The highest BCUT2D eigenvalue weighted by atomic mass is 16.5. The molecule has 0 aromatic carbocycles. The summed E-state index contributed by atoms with van der Waals surface area (Å²) >= 11 is 0. The van der Waals surface area contributed by atoms with E-state index in [1.54, 1.807) is 13.8 Å². The number of aliphatic carboxylic acids is 1. The van der Waals surface area contributed by atoms with Crippen molar-refractivity contribution in [1.82, 2.24) is 0 Å². The van der Waals surface area contributed by atoms with Crippen LogP contribution >= 0.6 is 0 Å². The Morgan fingerprint density at radius 1 is 1.33 bits per heavy atom. The minimum absolute atomic E-state index is 0.217. The van der Waals surface area contributed by atoms with Crippen LogP contribution in [0.3, 0.4) is 0 Å². The molecule has 15 heavy (non-hydrogen) atoms. The first-order chi connectivity index (χ1) is 6.75. The SMILES string of the molecule is CC(C)CC(C)OCCC(C)(C)C(=O)O. The van der Waals surface area contributed by atoms with E-state index in [2.05, 4.69) is 13.8 Å². The highest BCUT2D eigenvalue weighted by Crippen LogP contribution is 2.21. The predicted octanol–water partition coefficient (Wildman–Crippen LogP) is 2.94. The van der Waals surface area contributed by atoms with Gasteiger partial charge in [-0.3, -0.25) is 4.79 Å². The van der Waals surface area contributed by atoms with Crippen LogP contribution in [-0.4, -0.2) is 23.8 Å². The summed E-state index contributed by atoms with van der Waals surface area (Å²) in [6, 6.07) is 0. The molecule has 0 saturated carbocycles. The van der Waals surface area contributed by atoms with E-state index in [0.29, 0.717) is 18.9 Å². The van der Waals surface area contributed by atoms with Gasteiger partial charge in [0, 0.05) is 6.61 Å². The maximum absolute atomic E-state index is 10.8. The molecule has 0 bridgehead atoms. The van der Waals surface area contributed by atoms with Gasteiger partial charge in [-0.15, -0.1) is 0 Å². The lowest BCUT2D eigenvalue weighted by molar-refractivity contribution is -0.148. The Morgan fingerprint density at radius 3 is 2.27 bits per heavy atom. The molecule has 0 aliphatic rings. The first kappa shape index (κ1) is 14.4. The van der Waals surface area contributed by atoms with E-state index >= 15 is 0 Å². The normalized spacial score (nSPS) is 14.3. The van der Waals surface area contributed by atoms with Crippen LogP contribution < -0.4 is 0 Å². The zero-order chi connectivity index (χ0) is 12.1. The van der Waals surface area contributed by atoms with Gasteiger partial charge in [0.25, 0.3) is 0 Å². The molecule has 3 heteroatoms. The molecule has 0 aromatic rings. The van der Waals surface area contributed by atoms with E-state index in [1.165, 1.54) is 0 Å². The third kappa shape index (κ3) is 6.50. The van der Waals surface area contributed by atoms with Gasteiger partial charge in [-0.2, -0.15) is 0 Å². The van der Waals surface area contributed by atoms with Gasteiger partial charge in [0.2, 0.25) is 0 Å². The minimum Gasteiger partial charge on any atom is -0.481 e. The number of carboxylic acids is 1. The summed E-state index contributed by atoms with van der Waals surface area (Å²) < 4.78 is 5.58. The first-order valence-corrected chi connectivity index (χ1v) is 5.60. The molecule has 0 spiro atoms. The Bertz CT molecular complexity index is 197. The lowest BCUT2D eigenvalue weighted by Gasteiger charge is -2.21. The Morgan fingerprint density at radius 2 is 1.87 bits per heavy atom. The largest absolute Gasteiger partial charge is 0.481 e. The van der Waals surface area contributed by atoms with Crippen molar-refractivity contribution in [2.75, 3.05) is 6.61 Å². The van der Waals surface area contributed by atoms with Gasteiger partial charge in [-0.25, -0.2) is 0 Å². The zero-order valence-corrected chi connectivity index (χ0v) is 10.5. The van der Waals surface area contributed by atoms with Gasteiger partial charge in [0.05, 0.1) is 11.5 Å². The molecule has 0 radical (unpaired) electrons. The van der Waals surface area contributed by atoms with Crippen LogP contribution in [0.25, 0.3) is 0 Å². The smallest absolute Gasteiger partial charge is 0.309 e. The highest BCUT2D eigenvalue weighted by molar-refractivity contribution is 5.73. The predicted molar refractivity (Wildman–Crippen MR) is 60.9 cm³/mol. The Balaban J connectivity index is 3.74. The molecule has 3 nitrogen and oxygen atoms in total. The number of carbonyl (C=O) groups is 1. The van der Waals surface area contributed by atoms with Gasteiger partial charge in [0.1, 0.15) is 0 Å². The number of hydrogen-bond acceptors (Lipinski definition) is 2. The van der Waals surface area contributed by atoms with Crippen LogP contribution in [0, 0.1) is 11.3 Å². The molecule has 1 N–H and O–H groups in total. The van der Waals surface area contributed by atoms with E-state index in [9.17, 15) is 4.79 Å². The molecular weight excluding hydrogens is 192 g/mol. The quantitative estimate of drug-likeness (QED) is 0.711. The third-order valence-corrected chi connectivity index (χ3v) is 2.51. The first-order valence-electron chi connectivity index (χ1n) is 5.60. The molecular formula is C12H24O3. The molecule has 1 atom stereocenters. The standard InChI is InChI=1S/C12H24O3/c1-9(2)8-10(3)15-7-6-12(4,5)11(13)14/h9-10H,6-8H2,1-5H3,(H,13,14). The fourth-order valence-electron chi connectivity index (χ4n) is 1.35. The number of carboxylic acid groups (broad SMARTS) is 1. The monoisotopic (exact) mass is 216 g/mol. The van der Waals surface area contributed by atoms with Crippen LogP contribution in [0.1, 0.15) is 47.5 Å². The van der Waals surface area contributed by atoms with Gasteiger partial charge in [-0.05, 0) is 39.5 Å². The summed E-state index contributed by atoms with van der Waals surface area (Å²) in [6.45, 7) is 10.3. The maximum Gasteiger partial charge on any atom is 0.309 e. The molecule has 0 fully saturated rings. The minimum atomic E-state index is -0.761. The van der Waals surface area contributed by atoms with Crippen molar-refractivity contribution in [2.24, 2.45) is 11.3 Å². The molecule has 0 aliphatic heterocycles. The van der Waals surface area contributed by atoms with Crippen molar-refractivity contribution < 1.29 is 14.6 Å². The molecule has 1 unspecified atom stereocenters. The topological polar surface area (TPSA) is 46.5 Å². The molecule has 0 aromatic heterocycles. The van der Waals surface area contributed by atoms with Crippen molar-refractivity contribution in [3.05, 3.63) is 0 Å². The lowest BCUT2D eigenvalue weighted by atomic mass is 9.90.